The Bertz CT molecular complexity index is 652. The van der Waals surface area contributed by atoms with Gasteiger partial charge in [0.2, 0.25) is 0 Å². The Balaban J connectivity index is 1.86. The molecule has 1 aromatic carbocycles. The van der Waals surface area contributed by atoms with E-state index in [1.807, 2.05) is 0 Å². The fourth-order valence-electron chi connectivity index (χ4n) is 2.07. The molecule has 1 aromatic rings. The van der Waals surface area contributed by atoms with Gasteiger partial charge in [0.25, 0.3) is 9.05 Å². The van der Waals surface area contributed by atoms with Crippen LogP contribution in [0.1, 0.15) is 11.5 Å². The van der Waals surface area contributed by atoms with Gasteiger partial charge in [-0.05, 0) is 18.2 Å². The minimum atomic E-state index is -3.85. The highest BCUT2D eigenvalue weighted by Crippen LogP contribution is 2.37. The van der Waals surface area contributed by atoms with E-state index in [9.17, 15) is 13.2 Å². The summed E-state index contributed by atoms with van der Waals surface area (Å²) in [7, 11) is 1.46. The zero-order chi connectivity index (χ0) is 14.3. The van der Waals surface area contributed by atoms with Crippen LogP contribution in [-0.4, -0.2) is 40.3 Å². The molecule has 8 heteroatoms. The summed E-state index contributed by atoms with van der Waals surface area (Å²) >= 11 is 0. The maximum Gasteiger partial charge on any atom is 0.317 e. The lowest BCUT2D eigenvalue weighted by molar-refractivity contribution is -0.174. The number of halogens is 1. The molecule has 1 fully saturated rings. The quantitative estimate of drug-likeness (QED) is 0.612. The second-order valence-electron chi connectivity index (χ2n) is 4.60. The number of benzene rings is 1. The molecule has 0 spiro atoms. The number of carbonyl (C=O) groups is 1. The monoisotopic (exact) mass is 318 g/mol. The molecule has 0 radical (unpaired) electrons. The van der Waals surface area contributed by atoms with E-state index in [-0.39, 0.29) is 17.6 Å². The zero-order valence-electron chi connectivity index (χ0n) is 10.2. The lowest BCUT2D eigenvalue weighted by Crippen LogP contribution is -2.39. The van der Waals surface area contributed by atoms with Gasteiger partial charge in [-0.3, -0.25) is 4.79 Å². The average molecular weight is 319 g/mol. The van der Waals surface area contributed by atoms with Crippen molar-refractivity contribution in [3.05, 3.63) is 23.8 Å². The van der Waals surface area contributed by atoms with Crippen molar-refractivity contribution < 1.29 is 27.4 Å². The molecular formula is C12H11ClO6S. The number of hydrogen-bond donors (Lipinski definition) is 0. The first-order chi connectivity index (χ1) is 9.45. The Kier molecular flexibility index (Phi) is 3.35. The first-order valence-electron chi connectivity index (χ1n) is 5.95. The van der Waals surface area contributed by atoms with Gasteiger partial charge in [0.05, 0.1) is 18.1 Å². The summed E-state index contributed by atoms with van der Waals surface area (Å²) < 4.78 is 38.2. The van der Waals surface area contributed by atoms with Crippen molar-refractivity contribution in [3.8, 4) is 5.75 Å². The molecule has 2 aliphatic rings. The predicted octanol–water partition coefficient (Wildman–Crippen LogP) is 1.03. The molecule has 0 aliphatic carbocycles. The van der Waals surface area contributed by atoms with Crippen molar-refractivity contribution in [3.63, 3.8) is 0 Å². The SMILES string of the molecule is O=C(OC1COC1)C1COc2ccc(S(=O)(=O)Cl)cc21. The van der Waals surface area contributed by atoms with Crippen molar-refractivity contribution in [1.82, 2.24) is 0 Å². The van der Waals surface area contributed by atoms with E-state index >= 15 is 0 Å². The number of ether oxygens (including phenoxy) is 3. The minimum absolute atomic E-state index is 0.0619. The van der Waals surface area contributed by atoms with Crippen molar-refractivity contribution in [2.75, 3.05) is 19.8 Å². The van der Waals surface area contributed by atoms with E-state index in [0.717, 1.165) is 0 Å². The smallest absolute Gasteiger partial charge is 0.317 e. The van der Waals surface area contributed by atoms with Crippen LogP contribution in [0.2, 0.25) is 0 Å². The van der Waals surface area contributed by atoms with Crippen LogP contribution in [-0.2, 0) is 23.3 Å². The molecule has 2 heterocycles. The maximum absolute atomic E-state index is 12.0. The molecule has 0 aromatic heterocycles. The Morgan fingerprint density at radius 1 is 1.30 bits per heavy atom. The van der Waals surface area contributed by atoms with E-state index in [1.54, 1.807) is 0 Å². The summed E-state index contributed by atoms with van der Waals surface area (Å²) in [6, 6.07) is 4.19. The molecule has 1 atom stereocenters. The Morgan fingerprint density at radius 3 is 2.65 bits per heavy atom. The van der Waals surface area contributed by atoms with Gasteiger partial charge >= 0.3 is 5.97 Å². The molecule has 0 bridgehead atoms. The van der Waals surface area contributed by atoms with Crippen LogP contribution >= 0.6 is 10.7 Å². The maximum atomic E-state index is 12.0. The first kappa shape index (κ1) is 13.7. The third-order valence-electron chi connectivity index (χ3n) is 3.22. The van der Waals surface area contributed by atoms with E-state index in [2.05, 4.69) is 0 Å². The molecule has 0 amide bonds. The molecule has 3 rings (SSSR count). The number of carbonyl (C=O) groups excluding carboxylic acids is 1. The van der Waals surface area contributed by atoms with Crippen LogP contribution in [0, 0.1) is 0 Å². The highest BCUT2D eigenvalue weighted by atomic mass is 35.7. The van der Waals surface area contributed by atoms with Crippen molar-refractivity contribution >= 4 is 25.7 Å². The minimum Gasteiger partial charge on any atom is -0.492 e. The molecule has 0 N–H and O–H groups in total. The summed E-state index contributed by atoms with van der Waals surface area (Å²) in [6.45, 7) is 0.915. The fourth-order valence-corrected chi connectivity index (χ4v) is 2.85. The first-order valence-corrected chi connectivity index (χ1v) is 8.26. The molecular weight excluding hydrogens is 308 g/mol. The lowest BCUT2D eigenvalue weighted by Gasteiger charge is -2.26. The molecule has 1 saturated heterocycles. The molecule has 108 valence electrons. The molecule has 6 nitrogen and oxygen atoms in total. The van der Waals surface area contributed by atoms with Crippen molar-refractivity contribution in [1.29, 1.82) is 0 Å². The topological polar surface area (TPSA) is 78.9 Å². The predicted molar refractivity (Wildman–Crippen MR) is 68.4 cm³/mol. The summed E-state index contributed by atoms with van der Waals surface area (Å²) in [5, 5.41) is 0. The van der Waals surface area contributed by atoms with Crippen LogP contribution in [0.3, 0.4) is 0 Å². The van der Waals surface area contributed by atoms with Crippen molar-refractivity contribution in [2.24, 2.45) is 0 Å². The van der Waals surface area contributed by atoms with E-state index < -0.39 is 20.9 Å². The number of rotatable bonds is 3. The van der Waals surface area contributed by atoms with Crippen LogP contribution in [0.5, 0.6) is 5.75 Å². The fraction of sp³-hybridized carbons (Fsp3) is 0.417. The normalized spacial score (nSPS) is 21.8. The third kappa shape index (κ3) is 2.48. The Labute approximate surface area is 120 Å². The van der Waals surface area contributed by atoms with Gasteiger partial charge in [-0.2, -0.15) is 0 Å². The standard InChI is InChI=1S/C12H11ClO6S/c13-20(15,16)8-1-2-11-9(3-8)10(6-18-11)12(14)19-7-4-17-5-7/h1-3,7,10H,4-6H2. The molecule has 2 aliphatic heterocycles. The largest absolute Gasteiger partial charge is 0.492 e. The van der Waals surface area contributed by atoms with Crippen LogP contribution in [0.15, 0.2) is 23.1 Å². The van der Waals surface area contributed by atoms with Crippen LogP contribution in [0.25, 0.3) is 0 Å². The van der Waals surface area contributed by atoms with Gasteiger partial charge in [0, 0.05) is 16.2 Å². The highest BCUT2D eigenvalue weighted by Gasteiger charge is 2.35. The number of hydrogen-bond acceptors (Lipinski definition) is 6. The Hall–Kier alpha value is -1.31. The molecule has 20 heavy (non-hydrogen) atoms. The van der Waals surface area contributed by atoms with Gasteiger partial charge in [-0.25, -0.2) is 8.42 Å². The van der Waals surface area contributed by atoms with E-state index in [0.29, 0.717) is 24.5 Å². The van der Waals surface area contributed by atoms with E-state index in [4.69, 9.17) is 24.9 Å². The van der Waals surface area contributed by atoms with Gasteiger partial charge in [-0.1, -0.05) is 0 Å². The van der Waals surface area contributed by atoms with E-state index in [1.165, 1.54) is 18.2 Å². The average Bonchev–Trinajstić information content (AvgIpc) is 2.75. The van der Waals surface area contributed by atoms with Gasteiger partial charge in [0.1, 0.15) is 24.4 Å². The highest BCUT2D eigenvalue weighted by molar-refractivity contribution is 8.13. The van der Waals surface area contributed by atoms with Gasteiger partial charge in [0.15, 0.2) is 0 Å². The second-order valence-corrected chi connectivity index (χ2v) is 7.16. The van der Waals surface area contributed by atoms with Gasteiger partial charge in [-0.15, -0.1) is 0 Å². The Morgan fingerprint density at radius 2 is 2.05 bits per heavy atom. The van der Waals surface area contributed by atoms with Crippen LogP contribution in [0.4, 0.5) is 0 Å². The van der Waals surface area contributed by atoms with Gasteiger partial charge < -0.3 is 14.2 Å². The second kappa shape index (κ2) is 4.91. The number of esters is 1. The third-order valence-corrected chi connectivity index (χ3v) is 4.57. The van der Waals surface area contributed by atoms with Crippen molar-refractivity contribution in [2.45, 2.75) is 16.9 Å². The summed E-state index contributed by atoms with van der Waals surface area (Å²) in [6.07, 6.45) is -0.230. The zero-order valence-corrected chi connectivity index (χ0v) is 11.8. The molecule has 0 saturated carbocycles. The summed E-state index contributed by atoms with van der Waals surface area (Å²) in [4.78, 5) is 12.0. The number of fused-ring (bicyclic) bond motifs is 1. The summed E-state index contributed by atoms with van der Waals surface area (Å²) in [5.41, 5.74) is 0.483. The lowest BCUT2D eigenvalue weighted by atomic mass is 10.0. The molecule has 1 unspecified atom stereocenters. The van der Waals surface area contributed by atoms with Crippen LogP contribution < -0.4 is 4.74 Å². The summed E-state index contributed by atoms with van der Waals surface area (Å²) in [5.74, 6) is -0.606.